The molecule has 0 radical (unpaired) electrons. The number of hydrogen-bond acceptors (Lipinski definition) is 6. The van der Waals surface area contributed by atoms with Crippen LogP contribution in [0.4, 0.5) is 5.69 Å². The lowest BCUT2D eigenvalue weighted by atomic mass is 10.0. The Bertz CT molecular complexity index is 589. The normalized spacial score (nSPS) is 10.7. The van der Waals surface area contributed by atoms with Gasteiger partial charge in [-0.15, -0.1) is 0 Å². The zero-order valence-electron chi connectivity index (χ0n) is 16.8. The summed E-state index contributed by atoms with van der Waals surface area (Å²) in [4.78, 5) is 2.90. The van der Waals surface area contributed by atoms with Gasteiger partial charge in [-0.05, 0) is 29.5 Å². The second-order valence-corrected chi connectivity index (χ2v) is 6.12. The summed E-state index contributed by atoms with van der Waals surface area (Å²) in [7, 11) is 1.62. The van der Waals surface area contributed by atoms with Crippen LogP contribution in [0.5, 0.6) is 11.5 Å². The van der Waals surface area contributed by atoms with Crippen LogP contribution in [-0.2, 0) is 14.2 Å². The van der Waals surface area contributed by atoms with Gasteiger partial charge in [-0.1, -0.05) is 25.9 Å². The van der Waals surface area contributed by atoms with E-state index in [1.807, 2.05) is 6.07 Å². The molecule has 27 heavy (non-hydrogen) atoms. The molecule has 1 rings (SSSR count). The van der Waals surface area contributed by atoms with E-state index in [9.17, 15) is 0 Å². The molecule has 1 aromatic rings. The summed E-state index contributed by atoms with van der Waals surface area (Å²) in [6.07, 6.45) is 0.975. The molecule has 0 heterocycles. The molecule has 0 fully saturated rings. The van der Waals surface area contributed by atoms with E-state index < -0.39 is 0 Å². The number of nitrogens with zero attached hydrogens (tertiary/aromatic N) is 3. The fraction of sp³-hybridized carbons (Fsp3) is 0.684. The van der Waals surface area contributed by atoms with Crippen molar-refractivity contribution in [3.63, 3.8) is 0 Å². The van der Waals surface area contributed by atoms with Crippen molar-refractivity contribution in [1.82, 2.24) is 0 Å². The zero-order chi connectivity index (χ0) is 19.9. The first-order valence-corrected chi connectivity index (χ1v) is 9.27. The second-order valence-electron chi connectivity index (χ2n) is 6.12. The Morgan fingerprint density at radius 2 is 1.56 bits per heavy atom. The van der Waals surface area contributed by atoms with Crippen molar-refractivity contribution in [3.05, 3.63) is 28.1 Å². The molecule has 0 spiro atoms. The molecule has 0 atom stereocenters. The van der Waals surface area contributed by atoms with Gasteiger partial charge in [0.15, 0.2) is 0 Å². The van der Waals surface area contributed by atoms with E-state index in [1.54, 1.807) is 13.2 Å². The van der Waals surface area contributed by atoms with Crippen molar-refractivity contribution < 1.29 is 23.7 Å². The fourth-order valence-electron chi connectivity index (χ4n) is 2.30. The molecule has 0 N–H and O–H groups in total. The first kappa shape index (κ1) is 23.0. The average Bonchev–Trinajstić information content (AvgIpc) is 2.65. The van der Waals surface area contributed by atoms with Gasteiger partial charge >= 0.3 is 0 Å². The molecule has 0 aromatic heterocycles. The Morgan fingerprint density at radius 3 is 2.15 bits per heavy atom. The van der Waals surface area contributed by atoms with E-state index in [4.69, 9.17) is 29.2 Å². The van der Waals surface area contributed by atoms with E-state index in [0.717, 1.165) is 12.0 Å². The Labute approximate surface area is 161 Å². The highest BCUT2D eigenvalue weighted by Crippen LogP contribution is 2.38. The number of benzene rings is 1. The fourth-order valence-corrected chi connectivity index (χ4v) is 2.30. The highest BCUT2D eigenvalue weighted by atomic mass is 16.5. The molecular weight excluding hydrogens is 350 g/mol. The summed E-state index contributed by atoms with van der Waals surface area (Å²) in [5.41, 5.74) is 10.2. The highest BCUT2D eigenvalue weighted by Gasteiger charge is 2.14. The molecule has 0 aliphatic carbocycles. The lowest BCUT2D eigenvalue weighted by Crippen LogP contribution is -2.11. The highest BCUT2D eigenvalue weighted by molar-refractivity contribution is 5.59. The summed E-state index contributed by atoms with van der Waals surface area (Å²) in [5.74, 6) is 1.38. The molecular formula is C19H31N3O5. The maximum absolute atomic E-state index is 8.85. The van der Waals surface area contributed by atoms with E-state index in [2.05, 4.69) is 30.8 Å². The Hall–Kier alpha value is -1.99. The van der Waals surface area contributed by atoms with E-state index in [-0.39, 0.29) is 5.92 Å². The van der Waals surface area contributed by atoms with Crippen molar-refractivity contribution in [2.75, 3.05) is 53.4 Å². The van der Waals surface area contributed by atoms with Crippen molar-refractivity contribution >= 4 is 5.69 Å². The minimum Gasteiger partial charge on any atom is -0.491 e. The van der Waals surface area contributed by atoms with Crippen LogP contribution in [0.25, 0.3) is 10.4 Å². The quantitative estimate of drug-likeness (QED) is 0.191. The van der Waals surface area contributed by atoms with E-state index in [1.165, 1.54) is 0 Å². The molecule has 0 bridgehead atoms. The molecule has 0 aliphatic heterocycles. The predicted octanol–water partition coefficient (Wildman–Crippen LogP) is 4.60. The van der Waals surface area contributed by atoms with Crippen molar-refractivity contribution in [2.24, 2.45) is 5.11 Å². The molecule has 0 unspecified atom stereocenters. The Morgan fingerprint density at radius 1 is 0.926 bits per heavy atom. The van der Waals surface area contributed by atoms with Crippen molar-refractivity contribution in [2.45, 2.75) is 33.1 Å². The molecule has 8 heteroatoms. The lowest BCUT2D eigenvalue weighted by molar-refractivity contribution is 0.0544. The number of methoxy groups -OCH3 is 1. The molecule has 0 saturated heterocycles. The zero-order valence-corrected chi connectivity index (χ0v) is 16.8. The summed E-state index contributed by atoms with van der Waals surface area (Å²) in [6, 6.07) is 3.59. The van der Waals surface area contributed by atoms with Crippen LogP contribution >= 0.6 is 0 Å². The molecule has 8 nitrogen and oxygen atoms in total. The van der Waals surface area contributed by atoms with Gasteiger partial charge in [-0.25, -0.2) is 0 Å². The van der Waals surface area contributed by atoms with Crippen LogP contribution in [-0.4, -0.2) is 53.4 Å². The largest absolute Gasteiger partial charge is 0.491 e. The van der Waals surface area contributed by atoms with Gasteiger partial charge in [-0.3, -0.25) is 0 Å². The minimum absolute atomic E-state index is 0.204. The number of ether oxygens (including phenoxy) is 5. The second kappa shape index (κ2) is 14.1. The number of rotatable bonds is 15. The van der Waals surface area contributed by atoms with Crippen molar-refractivity contribution in [3.8, 4) is 11.5 Å². The summed E-state index contributed by atoms with van der Waals surface area (Å²) in [5, 5.41) is 3.75. The van der Waals surface area contributed by atoms with Gasteiger partial charge in [0.1, 0.15) is 24.7 Å². The van der Waals surface area contributed by atoms with Crippen LogP contribution < -0.4 is 9.47 Å². The van der Waals surface area contributed by atoms with Crippen LogP contribution in [0.15, 0.2) is 17.2 Å². The topological polar surface area (TPSA) is 94.9 Å². The predicted molar refractivity (Wildman–Crippen MR) is 104 cm³/mol. The third kappa shape index (κ3) is 8.97. The number of azide groups is 1. The van der Waals surface area contributed by atoms with Crippen LogP contribution in [0.1, 0.15) is 38.7 Å². The minimum atomic E-state index is 0.204. The molecule has 0 amide bonds. The van der Waals surface area contributed by atoms with Gasteiger partial charge in [0.2, 0.25) is 0 Å². The third-order valence-corrected chi connectivity index (χ3v) is 3.62. The van der Waals surface area contributed by atoms with Crippen LogP contribution in [0.2, 0.25) is 0 Å². The average molecular weight is 381 g/mol. The van der Waals surface area contributed by atoms with Gasteiger partial charge in [0.05, 0.1) is 32.1 Å². The van der Waals surface area contributed by atoms with Gasteiger partial charge < -0.3 is 23.7 Å². The maximum Gasteiger partial charge on any atom is 0.132 e. The molecule has 1 aromatic carbocycles. The van der Waals surface area contributed by atoms with E-state index >= 15 is 0 Å². The lowest BCUT2D eigenvalue weighted by Gasteiger charge is -2.18. The molecule has 0 aliphatic rings. The Kier molecular flexibility index (Phi) is 12.1. The summed E-state index contributed by atoms with van der Waals surface area (Å²) < 4.78 is 27.4. The molecule has 152 valence electrons. The van der Waals surface area contributed by atoms with E-state index in [0.29, 0.717) is 63.4 Å². The van der Waals surface area contributed by atoms with Gasteiger partial charge in [0.25, 0.3) is 0 Å². The third-order valence-electron chi connectivity index (χ3n) is 3.62. The van der Waals surface area contributed by atoms with Crippen molar-refractivity contribution in [1.29, 1.82) is 0 Å². The Balaban J connectivity index is 2.82. The van der Waals surface area contributed by atoms with Gasteiger partial charge in [0, 0.05) is 24.7 Å². The summed E-state index contributed by atoms with van der Waals surface area (Å²) >= 11 is 0. The van der Waals surface area contributed by atoms with Gasteiger partial charge in [-0.2, -0.15) is 0 Å². The maximum atomic E-state index is 8.85. The first-order chi connectivity index (χ1) is 13.1. The monoisotopic (exact) mass is 381 g/mol. The molecule has 0 saturated carbocycles. The number of hydrogen-bond donors (Lipinski definition) is 0. The summed E-state index contributed by atoms with van der Waals surface area (Å²) in [6.45, 7) is 9.63. The first-order valence-electron chi connectivity index (χ1n) is 9.27. The SMILES string of the molecule is CCCOCCOc1cc(OCCOCCOC)c(N=[N+]=[N-])cc1C(C)C. The van der Waals surface area contributed by atoms with Crippen LogP contribution in [0.3, 0.4) is 0 Å². The smallest absolute Gasteiger partial charge is 0.132 e. The van der Waals surface area contributed by atoms with Crippen LogP contribution in [0, 0.1) is 0 Å². The standard InChI is InChI=1S/C19H31N3O5/c1-5-6-24-9-11-26-18-14-19(27-12-10-25-8-7-23-4)17(21-22-20)13-16(18)15(2)3/h13-15H,5-12H2,1-4H3.